The van der Waals surface area contributed by atoms with Crippen molar-refractivity contribution in [3.8, 4) is 11.3 Å². The lowest BCUT2D eigenvalue weighted by atomic mass is 10.1. The second-order valence-electron chi connectivity index (χ2n) is 4.79. The van der Waals surface area contributed by atoms with Gasteiger partial charge in [-0.05, 0) is 24.3 Å². The number of carbonyl (C=O) groups is 1. The summed E-state index contributed by atoms with van der Waals surface area (Å²) in [7, 11) is 0. The van der Waals surface area contributed by atoms with Gasteiger partial charge in [-0.3, -0.25) is 14.9 Å². The van der Waals surface area contributed by atoms with Crippen molar-refractivity contribution in [1.82, 2.24) is 4.98 Å². The van der Waals surface area contributed by atoms with E-state index in [0.29, 0.717) is 17.0 Å². The van der Waals surface area contributed by atoms with Crippen molar-refractivity contribution < 1.29 is 14.1 Å². The molecule has 0 atom stereocenters. The van der Waals surface area contributed by atoms with Gasteiger partial charge in [0.25, 0.3) is 11.6 Å². The quantitative estimate of drug-likeness (QED) is 0.435. The zero-order chi connectivity index (χ0) is 17.1. The van der Waals surface area contributed by atoms with Crippen LogP contribution in [0.1, 0.15) is 10.6 Å². The number of hydrogen-bond donors (Lipinski definition) is 1. The van der Waals surface area contributed by atoms with E-state index in [4.69, 9.17) is 16.0 Å². The van der Waals surface area contributed by atoms with E-state index >= 15 is 0 Å². The number of aromatic nitrogens is 1. The number of amides is 1. The van der Waals surface area contributed by atoms with Crippen LogP contribution in [0.15, 0.2) is 59.1 Å². The van der Waals surface area contributed by atoms with Crippen LogP contribution in [0.5, 0.6) is 0 Å². The molecule has 8 heteroatoms. The predicted octanol–water partition coefficient (Wildman–Crippen LogP) is 4.16. The van der Waals surface area contributed by atoms with Crippen LogP contribution in [-0.2, 0) is 0 Å². The number of hydrogen-bond acceptors (Lipinski definition) is 5. The Labute approximate surface area is 141 Å². The molecule has 3 rings (SSSR count). The van der Waals surface area contributed by atoms with Gasteiger partial charge in [0, 0.05) is 29.6 Å². The molecule has 1 aromatic carbocycles. The number of carbonyl (C=O) groups excluding carboxylic acids is 1. The number of nitrogens with zero attached hydrogens (tertiary/aromatic N) is 2. The van der Waals surface area contributed by atoms with Crippen molar-refractivity contribution in [3.63, 3.8) is 0 Å². The first-order chi connectivity index (χ1) is 11.5. The van der Waals surface area contributed by atoms with Gasteiger partial charge >= 0.3 is 0 Å². The third-order valence-corrected chi connectivity index (χ3v) is 3.36. The number of nitrogens with one attached hydrogen (secondary N) is 1. The van der Waals surface area contributed by atoms with Crippen molar-refractivity contribution >= 4 is 28.9 Å². The second kappa shape index (κ2) is 6.51. The highest BCUT2D eigenvalue weighted by Crippen LogP contribution is 2.26. The summed E-state index contributed by atoms with van der Waals surface area (Å²) in [6, 6.07) is 12.1. The molecule has 24 heavy (non-hydrogen) atoms. The van der Waals surface area contributed by atoms with Crippen LogP contribution in [0.3, 0.4) is 0 Å². The zero-order valence-electron chi connectivity index (χ0n) is 12.1. The number of halogens is 1. The van der Waals surface area contributed by atoms with Crippen molar-refractivity contribution in [1.29, 1.82) is 0 Å². The minimum atomic E-state index is -0.493. The van der Waals surface area contributed by atoms with Gasteiger partial charge in [0.2, 0.25) is 0 Å². The van der Waals surface area contributed by atoms with Gasteiger partial charge in [-0.1, -0.05) is 23.7 Å². The van der Waals surface area contributed by atoms with Gasteiger partial charge in [0.1, 0.15) is 10.9 Å². The Morgan fingerprint density at radius 2 is 2.04 bits per heavy atom. The fourth-order valence-electron chi connectivity index (χ4n) is 2.06. The zero-order valence-corrected chi connectivity index (χ0v) is 12.9. The van der Waals surface area contributed by atoms with Crippen LogP contribution in [0.2, 0.25) is 5.15 Å². The SMILES string of the molecule is O=C(Nc1ccnc(Cl)c1)c1ccc(-c2cccc([N+](=O)[O-])c2)o1. The highest BCUT2D eigenvalue weighted by atomic mass is 35.5. The van der Waals surface area contributed by atoms with Crippen LogP contribution in [0, 0.1) is 10.1 Å². The number of benzene rings is 1. The summed E-state index contributed by atoms with van der Waals surface area (Å²) in [6.45, 7) is 0. The van der Waals surface area contributed by atoms with Crippen LogP contribution in [0.25, 0.3) is 11.3 Å². The van der Waals surface area contributed by atoms with E-state index in [0.717, 1.165) is 0 Å². The molecule has 7 nitrogen and oxygen atoms in total. The molecule has 2 aromatic heterocycles. The Morgan fingerprint density at radius 1 is 1.21 bits per heavy atom. The fourth-order valence-corrected chi connectivity index (χ4v) is 2.23. The molecule has 1 amide bonds. The van der Waals surface area contributed by atoms with E-state index in [1.54, 1.807) is 24.3 Å². The number of furan rings is 1. The third-order valence-electron chi connectivity index (χ3n) is 3.16. The van der Waals surface area contributed by atoms with E-state index in [1.807, 2.05) is 0 Å². The molecule has 0 unspecified atom stereocenters. The summed E-state index contributed by atoms with van der Waals surface area (Å²) < 4.78 is 5.49. The largest absolute Gasteiger partial charge is 0.451 e. The molecule has 0 saturated heterocycles. The lowest BCUT2D eigenvalue weighted by Crippen LogP contribution is -2.10. The first kappa shape index (κ1) is 15.7. The van der Waals surface area contributed by atoms with Gasteiger partial charge in [0.05, 0.1) is 4.92 Å². The van der Waals surface area contributed by atoms with Crippen molar-refractivity contribution in [2.75, 3.05) is 5.32 Å². The van der Waals surface area contributed by atoms with Crippen molar-refractivity contribution in [2.45, 2.75) is 0 Å². The molecule has 1 N–H and O–H groups in total. The molecule has 120 valence electrons. The minimum absolute atomic E-state index is 0.0543. The molecule has 0 saturated carbocycles. The van der Waals surface area contributed by atoms with Gasteiger partial charge < -0.3 is 9.73 Å². The van der Waals surface area contributed by atoms with Crippen molar-refractivity contribution in [2.24, 2.45) is 0 Å². The normalized spacial score (nSPS) is 10.4. The number of nitro groups is 1. The molecule has 0 aliphatic carbocycles. The highest BCUT2D eigenvalue weighted by molar-refractivity contribution is 6.29. The second-order valence-corrected chi connectivity index (χ2v) is 5.18. The fraction of sp³-hybridized carbons (Fsp3) is 0. The third kappa shape index (κ3) is 3.41. The standard InChI is InChI=1S/C16H10ClN3O4/c17-15-9-11(6-7-18-15)19-16(21)14-5-4-13(24-14)10-2-1-3-12(8-10)20(22)23/h1-9H,(H,18,19,21). The van der Waals surface area contributed by atoms with E-state index in [2.05, 4.69) is 10.3 Å². The Kier molecular flexibility index (Phi) is 4.26. The molecule has 2 heterocycles. The molecular weight excluding hydrogens is 334 g/mol. The molecule has 0 radical (unpaired) electrons. The first-order valence-corrected chi connectivity index (χ1v) is 7.18. The maximum absolute atomic E-state index is 12.2. The maximum atomic E-state index is 12.2. The monoisotopic (exact) mass is 343 g/mol. The topological polar surface area (TPSA) is 98.3 Å². The number of non-ortho nitro benzene ring substituents is 1. The average Bonchev–Trinajstić information content (AvgIpc) is 3.05. The summed E-state index contributed by atoms with van der Waals surface area (Å²) in [5.41, 5.74) is 0.935. The first-order valence-electron chi connectivity index (χ1n) is 6.80. The van der Waals surface area contributed by atoms with Gasteiger partial charge in [-0.2, -0.15) is 0 Å². The summed E-state index contributed by atoms with van der Waals surface area (Å²) in [6.07, 6.45) is 1.47. The summed E-state index contributed by atoms with van der Waals surface area (Å²) in [5, 5.41) is 13.7. The van der Waals surface area contributed by atoms with E-state index < -0.39 is 10.8 Å². The smallest absolute Gasteiger partial charge is 0.291 e. The van der Waals surface area contributed by atoms with Gasteiger partial charge in [-0.25, -0.2) is 4.98 Å². The van der Waals surface area contributed by atoms with Crippen LogP contribution in [0.4, 0.5) is 11.4 Å². The average molecular weight is 344 g/mol. The maximum Gasteiger partial charge on any atom is 0.291 e. The molecule has 0 aliphatic rings. The number of rotatable bonds is 4. The molecule has 0 spiro atoms. The summed E-state index contributed by atoms with van der Waals surface area (Å²) in [4.78, 5) is 26.3. The van der Waals surface area contributed by atoms with Crippen molar-refractivity contribution in [3.05, 3.63) is 75.8 Å². The van der Waals surface area contributed by atoms with E-state index in [1.165, 1.54) is 30.5 Å². The van der Waals surface area contributed by atoms with E-state index in [9.17, 15) is 14.9 Å². The summed E-state index contributed by atoms with van der Waals surface area (Å²) in [5.74, 6) is -0.0324. The minimum Gasteiger partial charge on any atom is -0.451 e. The molecular formula is C16H10ClN3O4. The Bertz CT molecular complexity index is 923. The van der Waals surface area contributed by atoms with Crippen LogP contribution >= 0.6 is 11.6 Å². The van der Waals surface area contributed by atoms with Crippen LogP contribution < -0.4 is 5.32 Å². The molecule has 0 bridgehead atoms. The highest BCUT2D eigenvalue weighted by Gasteiger charge is 2.14. The number of anilines is 1. The lowest BCUT2D eigenvalue weighted by molar-refractivity contribution is -0.384. The number of nitro benzene ring substituents is 1. The van der Waals surface area contributed by atoms with Gasteiger partial charge in [-0.15, -0.1) is 0 Å². The summed E-state index contributed by atoms with van der Waals surface area (Å²) >= 11 is 5.76. The lowest BCUT2D eigenvalue weighted by Gasteiger charge is -2.03. The molecule has 0 aliphatic heterocycles. The molecule has 0 fully saturated rings. The predicted molar refractivity (Wildman–Crippen MR) is 88.0 cm³/mol. The van der Waals surface area contributed by atoms with E-state index in [-0.39, 0.29) is 16.6 Å². The number of pyridine rings is 1. The molecule has 3 aromatic rings. The van der Waals surface area contributed by atoms with Crippen LogP contribution in [-0.4, -0.2) is 15.8 Å². The Hall–Kier alpha value is -3.19. The Balaban J connectivity index is 1.81. The Morgan fingerprint density at radius 3 is 2.79 bits per heavy atom. The van der Waals surface area contributed by atoms with Gasteiger partial charge in [0.15, 0.2) is 5.76 Å².